The summed E-state index contributed by atoms with van der Waals surface area (Å²) in [5.41, 5.74) is -0.328. The first-order chi connectivity index (χ1) is 6.76. The molecule has 0 aromatic rings. The fraction of sp³-hybridized carbons (Fsp3) is 0.909. The van der Waals surface area contributed by atoms with Crippen LogP contribution in [-0.2, 0) is 4.74 Å². The van der Waals surface area contributed by atoms with Crippen LogP contribution >= 0.6 is 0 Å². The van der Waals surface area contributed by atoms with Gasteiger partial charge in [0.2, 0.25) is 0 Å². The summed E-state index contributed by atoms with van der Waals surface area (Å²) < 4.78 is 4.57. The Morgan fingerprint density at radius 3 is 1.47 bits per heavy atom. The van der Waals surface area contributed by atoms with Crippen molar-refractivity contribution in [3.8, 4) is 0 Å². The van der Waals surface area contributed by atoms with Gasteiger partial charge in [0, 0.05) is 0 Å². The van der Waals surface area contributed by atoms with Gasteiger partial charge >= 0.3 is 58.3 Å². The Morgan fingerprint density at radius 1 is 1.13 bits per heavy atom. The molecule has 0 saturated carbocycles. The van der Waals surface area contributed by atoms with Crippen molar-refractivity contribution in [2.24, 2.45) is 0 Å². The molecule has 15 heavy (non-hydrogen) atoms. The topological polar surface area (TPSA) is 26.3 Å². The summed E-state index contributed by atoms with van der Waals surface area (Å²) in [5.74, 6) is 0. The number of carbonyl (C=O) groups is 1. The molecule has 0 amide bonds. The molecule has 0 heterocycles. The van der Waals surface area contributed by atoms with Crippen LogP contribution in [0, 0.1) is 0 Å². The van der Waals surface area contributed by atoms with E-state index >= 15 is 0 Å². The third kappa shape index (κ3) is 16.8. The van der Waals surface area contributed by atoms with E-state index in [-0.39, 0.29) is 10.2 Å². The van der Waals surface area contributed by atoms with Crippen molar-refractivity contribution in [1.82, 2.24) is 0 Å². The first-order valence-corrected chi connectivity index (χ1v) is 5.96. The van der Waals surface area contributed by atoms with Gasteiger partial charge < -0.3 is 0 Å². The van der Waals surface area contributed by atoms with Gasteiger partial charge in [-0.05, 0) is 0 Å². The zero-order valence-electron chi connectivity index (χ0n) is 11.5. The van der Waals surface area contributed by atoms with E-state index in [1.165, 1.54) is 36.7 Å². The van der Waals surface area contributed by atoms with Crippen molar-refractivity contribution >= 4 is 29.1 Å². The molecule has 0 bridgehead atoms. The van der Waals surface area contributed by atoms with Gasteiger partial charge in [-0.1, -0.05) is 39.7 Å². The van der Waals surface area contributed by atoms with E-state index in [0.717, 1.165) is 6.71 Å². The average molecular weight is 206 g/mol. The molecule has 0 radical (unpaired) electrons. The number of ether oxygens (including phenoxy) is 1. The Labute approximate surface area is 105 Å². The zero-order valence-corrected chi connectivity index (χ0v) is 11.5. The van der Waals surface area contributed by atoms with Crippen molar-refractivity contribution < 1.29 is 9.53 Å². The van der Waals surface area contributed by atoms with Crippen LogP contribution in [0.5, 0.6) is 0 Å². The van der Waals surface area contributed by atoms with Crippen LogP contribution in [0.1, 0.15) is 41.5 Å². The predicted molar refractivity (Wildman–Crippen MR) is 69.2 cm³/mol. The molecule has 0 aliphatic rings. The summed E-state index contributed by atoms with van der Waals surface area (Å²) in [6.07, 6.45) is 4.06. The monoisotopic (exact) mass is 206 g/mol. The van der Waals surface area contributed by atoms with Crippen LogP contribution < -0.4 is 0 Å². The number of rotatable bonds is 3. The van der Waals surface area contributed by atoms with E-state index in [4.69, 9.17) is 4.74 Å². The fourth-order valence-electron chi connectivity index (χ4n) is 1.30. The second-order valence-corrected chi connectivity index (χ2v) is 4.80. The van der Waals surface area contributed by atoms with E-state index in [0.29, 0.717) is 0 Å². The fourth-order valence-corrected chi connectivity index (χ4v) is 1.30. The van der Waals surface area contributed by atoms with E-state index in [1.807, 2.05) is 20.8 Å². The number of carbonyl (C=O) groups excluding carboxylic acids is 1. The van der Waals surface area contributed by atoms with Crippen molar-refractivity contribution in [3.05, 3.63) is 0 Å². The summed E-state index contributed by atoms with van der Waals surface area (Å²) in [7, 11) is 0. The van der Waals surface area contributed by atoms with Crippen LogP contribution in [0.2, 0.25) is 19.0 Å². The molecule has 0 N–H and O–H groups in total. The van der Waals surface area contributed by atoms with Crippen LogP contribution in [0.25, 0.3) is 0 Å². The second-order valence-electron chi connectivity index (χ2n) is 4.80. The van der Waals surface area contributed by atoms with Gasteiger partial charge in [0.05, 0.1) is 0 Å². The number of hydrogen-bond acceptors (Lipinski definition) is 2. The molecule has 0 saturated heterocycles. The molecule has 0 aromatic heterocycles. The van der Waals surface area contributed by atoms with Gasteiger partial charge in [0.25, 0.3) is 0 Å². The Morgan fingerprint density at radius 2 is 1.47 bits per heavy atom. The van der Waals surface area contributed by atoms with Gasteiger partial charge in [-0.15, -0.1) is 0 Å². The molecular formula is C11H24BLiO2. The minimum atomic E-state index is -0.328. The van der Waals surface area contributed by atoms with Gasteiger partial charge in [0.1, 0.15) is 6.71 Å². The van der Waals surface area contributed by atoms with Crippen LogP contribution in [0.3, 0.4) is 0 Å². The minimum absolute atomic E-state index is 0.225. The molecule has 0 rings (SSSR count). The molecule has 0 atom stereocenters. The third-order valence-corrected chi connectivity index (χ3v) is 2.18. The summed E-state index contributed by atoms with van der Waals surface area (Å²) in [5, 5.41) is 0. The molecule has 4 heteroatoms. The van der Waals surface area contributed by atoms with Crippen LogP contribution in [0.15, 0.2) is 0 Å². The van der Waals surface area contributed by atoms with Gasteiger partial charge in [-0.25, -0.2) is 0 Å². The molecule has 0 aliphatic heterocycles. The normalized spacial score (nSPS) is 10.1. The van der Waals surface area contributed by atoms with Crippen molar-refractivity contribution in [3.63, 3.8) is 0 Å². The molecule has 0 spiro atoms. The van der Waals surface area contributed by atoms with Gasteiger partial charge in [0.15, 0.2) is 0 Å². The predicted octanol–water partition coefficient (Wildman–Crippen LogP) is 3.63. The third-order valence-electron chi connectivity index (χ3n) is 2.18. The van der Waals surface area contributed by atoms with Crippen molar-refractivity contribution in [1.29, 1.82) is 0 Å². The molecule has 0 fully saturated rings. The molecule has 0 aliphatic carbocycles. The van der Waals surface area contributed by atoms with E-state index in [9.17, 15) is 4.79 Å². The zero-order chi connectivity index (χ0) is 12.5. The van der Waals surface area contributed by atoms with E-state index in [2.05, 4.69) is 20.8 Å². The SMILES string of the molecule is CCB(CC)CC.[Li][C](=O)OC(C)(C)C. The maximum absolute atomic E-state index is 10.2. The van der Waals surface area contributed by atoms with E-state index in [1.54, 1.807) is 0 Å². The Balaban J connectivity index is 0. The average Bonchev–Trinajstić information content (AvgIpc) is 2.03. The van der Waals surface area contributed by atoms with Gasteiger partial charge in [-0.2, -0.15) is 0 Å². The first kappa shape index (κ1) is 17.5. The summed E-state index contributed by atoms with van der Waals surface area (Å²) >= 11 is 1.41. The van der Waals surface area contributed by atoms with E-state index < -0.39 is 0 Å². The quantitative estimate of drug-likeness (QED) is 0.659. The molecule has 0 unspecified atom stereocenters. The van der Waals surface area contributed by atoms with Crippen LogP contribution in [0.4, 0.5) is 4.79 Å². The Bertz CT molecular complexity index is 157. The molecule has 0 aromatic carbocycles. The van der Waals surface area contributed by atoms with Crippen molar-refractivity contribution in [2.75, 3.05) is 0 Å². The van der Waals surface area contributed by atoms with Crippen molar-refractivity contribution in [2.45, 2.75) is 66.1 Å². The summed E-state index contributed by atoms with van der Waals surface area (Å²) in [6.45, 7) is 13.3. The number of hydrogen-bond donors (Lipinski definition) is 0. The maximum atomic E-state index is 10.2. The Hall–Kier alpha value is 0.132. The molecule has 84 valence electrons. The summed E-state index contributed by atoms with van der Waals surface area (Å²) in [6, 6.07) is 0. The molecular weight excluding hydrogens is 182 g/mol. The summed E-state index contributed by atoms with van der Waals surface area (Å²) in [4.78, 5) is 10.2. The first-order valence-electron chi connectivity index (χ1n) is 5.96. The Kier molecular flexibility index (Phi) is 10.9. The standard InChI is InChI=1S/C6H15B.C5H9O2.Li/c1-4-7(5-2)6-3;1-5(2,3)7-4-6;/h4-6H2,1-3H3;1-3H3;. The molecule has 2 nitrogen and oxygen atoms in total. The van der Waals surface area contributed by atoms with Gasteiger partial charge in [-0.3, -0.25) is 0 Å². The second kappa shape index (κ2) is 9.36. The van der Waals surface area contributed by atoms with Crippen LogP contribution in [-0.4, -0.2) is 34.7 Å².